The second-order valence-electron chi connectivity index (χ2n) is 8.01. The maximum absolute atomic E-state index is 12.2. The summed E-state index contributed by atoms with van der Waals surface area (Å²) < 4.78 is 5.66. The Hall–Kier alpha value is -0.810. The van der Waals surface area contributed by atoms with Crippen LogP contribution in [0.3, 0.4) is 0 Å². The molecule has 0 amide bonds. The molecule has 28 heavy (non-hydrogen) atoms. The summed E-state index contributed by atoms with van der Waals surface area (Å²) in [5, 5.41) is 0. The molecule has 0 aliphatic carbocycles. The summed E-state index contributed by atoms with van der Waals surface area (Å²) in [7, 11) is 4.23. The topological polar surface area (TPSA) is 46.3 Å². The Labute approximate surface area is 177 Å². The molecule has 0 saturated heterocycles. The molecular formula is C23H42N2O2S. The summed E-state index contributed by atoms with van der Waals surface area (Å²) in [6.07, 6.45) is 16.9. The van der Waals surface area contributed by atoms with Gasteiger partial charge in [0.1, 0.15) is 5.76 Å². The first-order chi connectivity index (χ1) is 13.6. The fourth-order valence-electron chi connectivity index (χ4n) is 3.19. The first-order valence-electron chi connectivity index (χ1n) is 11.3. The van der Waals surface area contributed by atoms with Crippen LogP contribution in [-0.2, 0) is 6.42 Å². The quantitative estimate of drug-likeness (QED) is 0.195. The van der Waals surface area contributed by atoms with Gasteiger partial charge in [-0.1, -0.05) is 58.3 Å². The molecule has 1 aromatic rings. The molecule has 162 valence electrons. The molecule has 0 fully saturated rings. The largest absolute Gasteiger partial charge is 0.439 e. The van der Waals surface area contributed by atoms with Crippen LogP contribution in [0.2, 0.25) is 0 Å². The number of thioether (sulfide) groups is 1. The number of unbranched alkanes of at least 4 members (excludes halogenated alkanes) is 8. The Balaban J connectivity index is 2.03. The highest BCUT2D eigenvalue weighted by Gasteiger charge is 2.12. The van der Waals surface area contributed by atoms with Gasteiger partial charge in [-0.2, -0.15) is 11.8 Å². The summed E-state index contributed by atoms with van der Waals surface area (Å²) in [5.74, 6) is 3.57. The highest BCUT2D eigenvalue weighted by molar-refractivity contribution is 7.99. The van der Waals surface area contributed by atoms with Crippen LogP contribution in [0.4, 0.5) is 0 Å². The van der Waals surface area contributed by atoms with Crippen LogP contribution in [0.15, 0.2) is 10.6 Å². The van der Waals surface area contributed by atoms with Crippen LogP contribution < -0.4 is 0 Å². The van der Waals surface area contributed by atoms with Crippen molar-refractivity contribution in [2.75, 3.05) is 32.1 Å². The molecule has 0 aliphatic rings. The predicted molar refractivity (Wildman–Crippen MR) is 121 cm³/mol. The Morgan fingerprint density at radius 1 is 0.964 bits per heavy atom. The van der Waals surface area contributed by atoms with Crippen molar-refractivity contribution in [2.45, 2.75) is 90.4 Å². The molecule has 4 nitrogen and oxygen atoms in total. The molecule has 0 spiro atoms. The van der Waals surface area contributed by atoms with E-state index >= 15 is 0 Å². The molecule has 0 radical (unpaired) electrons. The van der Waals surface area contributed by atoms with Gasteiger partial charge >= 0.3 is 0 Å². The van der Waals surface area contributed by atoms with Crippen molar-refractivity contribution in [1.82, 2.24) is 9.88 Å². The van der Waals surface area contributed by atoms with Crippen molar-refractivity contribution in [2.24, 2.45) is 0 Å². The zero-order valence-corrected chi connectivity index (χ0v) is 19.3. The average molecular weight is 411 g/mol. The summed E-state index contributed by atoms with van der Waals surface area (Å²) >= 11 is 1.99. The average Bonchev–Trinajstić information content (AvgIpc) is 3.14. The molecule has 0 atom stereocenters. The van der Waals surface area contributed by atoms with Crippen LogP contribution in [0.1, 0.15) is 100 Å². The van der Waals surface area contributed by atoms with Crippen molar-refractivity contribution in [3.63, 3.8) is 0 Å². The van der Waals surface area contributed by atoms with Gasteiger partial charge in [0, 0.05) is 12.8 Å². The first-order valence-corrected chi connectivity index (χ1v) is 12.5. The van der Waals surface area contributed by atoms with E-state index in [4.69, 9.17) is 4.42 Å². The van der Waals surface area contributed by atoms with E-state index in [1.165, 1.54) is 57.1 Å². The van der Waals surface area contributed by atoms with Crippen molar-refractivity contribution in [3.8, 4) is 0 Å². The molecule has 1 aromatic heterocycles. The fourth-order valence-corrected chi connectivity index (χ4v) is 4.07. The lowest BCUT2D eigenvalue weighted by Crippen LogP contribution is -2.13. The van der Waals surface area contributed by atoms with E-state index in [9.17, 15) is 4.79 Å². The zero-order chi connectivity index (χ0) is 20.5. The number of hydrogen-bond acceptors (Lipinski definition) is 5. The van der Waals surface area contributed by atoms with Gasteiger partial charge in [0.25, 0.3) is 5.89 Å². The second kappa shape index (κ2) is 17.1. The normalized spacial score (nSPS) is 11.4. The van der Waals surface area contributed by atoms with Crippen molar-refractivity contribution in [3.05, 3.63) is 17.8 Å². The van der Waals surface area contributed by atoms with E-state index in [2.05, 4.69) is 30.9 Å². The Bertz CT molecular complexity index is 503. The molecule has 1 rings (SSSR count). The highest BCUT2D eigenvalue weighted by atomic mass is 32.2. The van der Waals surface area contributed by atoms with E-state index in [0.717, 1.165) is 43.7 Å². The van der Waals surface area contributed by atoms with Crippen molar-refractivity contribution >= 4 is 17.5 Å². The van der Waals surface area contributed by atoms with Crippen molar-refractivity contribution < 1.29 is 9.21 Å². The lowest BCUT2D eigenvalue weighted by molar-refractivity contribution is 0.0943. The first kappa shape index (κ1) is 25.2. The molecule has 0 bridgehead atoms. The minimum Gasteiger partial charge on any atom is -0.439 e. The molecule has 5 heteroatoms. The standard InChI is InChI=1S/C23H42N2O2S/c1-4-5-6-7-8-9-10-11-12-16-22(26)23-24-20-21(27-23)15-13-18-28-19-14-17-25(2)3/h20H,4-19H2,1-3H3. The number of hydrogen-bond donors (Lipinski definition) is 0. The van der Waals surface area contributed by atoms with Crippen LogP contribution in [-0.4, -0.2) is 47.8 Å². The third-order valence-corrected chi connectivity index (χ3v) is 6.06. The maximum Gasteiger partial charge on any atom is 0.263 e. The number of nitrogens with zero attached hydrogens (tertiary/aromatic N) is 2. The van der Waals surface area contributed by atoms with Gasteiger partial charge in [0.15, 0.2) is 0 Å². The zero-order valence-electron chi connectivity index (χ0n) is 18.5. The Kier molecular flexibility index (Phi) is 15.4. The van der Waals surface area contributed by atoms with Gasteiger partial charge in [-0.25, -0.2) is 4.98 Å². The minimum atomic E-state index is 0.0623. The van der Waals surface area contributed by atoms with E-state index in [0.29, 0.717) is 12.3 Å². The summed E-state index contributed by atoms with van der Waals surface area (Å²) in [6.45, 7) is 3.40. The van der Waals surface area contributed by atoms with Crippen LogP contribution in [0, 0.1) is 0 Å². The molecular weight excluding hydrogens is 368 g/mol. The van der Waals surface area contributed by atoms with E-state index in [1.54, 1.807) is 6.20 Å². The number of aromatic nitrogens is 1. The smallest absolute Gasteiger partial charge is 0.263 e. The lowest BCUT2D eigenvalue weighted by Gasteiger charge is -2.08. The SMILES string of the molecule is CCCCCCCCCCCC(=O)c1ncc(CCCSCCCN(C)C)o1. The minimum absolute atomic E-state index is 0.0623. The van der Waals surface area contributed by atoms with E-state index in [-0.39, 0.29) is 5.78 Å². The molecule has 0 unspecified atom stereocenters. The lowest BCUT2D eigenvalue weighted by atomic mass is 10.1. The van der Waals surface area contributed by atoms with Gasteiger partial charge in [0.05, 0.1) is 6.20 Å². The highest BCUT2D eigenvalue weighted by Crippen LogP contribution is 2.14. The number of oxazole rings is 1. The number of aryl methyl sites for hydroxylation is 1. The van der Waals surface area contributed by atoms with Crippen LogP contribution in [0.25, 0.3) is 0 Å². The summed E-state index contributed by atoms with van der Waals surface area (Å²) in [5.41, 5.74) is 0. The van der Waals surface area contributed by atoms with Gasteiger partial charge in [-0.15, -0.1) is 0 Å². The number of ketones is 1. The van der Waals surface area contributed by atoms with E-state index < -0.39 is 0 Å². The molecule has 0 aromatic carbocycles. The van der Waals surface area contributed by atoms with Gasteiger partial charge in [-0.3, -0.25) is 4.79 Å². The second-order valence-corrected chi connectivity index (χ2v) is 9.23. The number of rotatable bonds is 19. The third-order valence-electron chi connectivity index (χ3n) is 4.91. The molecule has 1 heterocycles. The number of Topliss-reactive ketones (excluding diaryl/α,β-unsaturated/α-hetero) is 1. The maximum atomic E-state index is 12.2. The van der Waals surface area contributed by atoms with Gasteiger partial charge in [-0.05, 0) is 51.4 Å². The number of carbonyl (C=O) groups is 1. The fraction of sp³-hybridized carbons (Fsp3) is 0.826. The van der Waals surface area contributed by atoms with Gasteiger partial charge in [0.2, 0.25) is 5.78 Å². The van der Waals surface area contributed by atoms with Crippen molar-refractivity contribution in [1.29, 1.82) is 0 Å². The molecule has 0 aliphatic heterocycles. The Morgan fingerprint density at radius 2 is 1.61 bits per heavy atom. The molecule has 0 saturated carbocycles. The van der Waals surface area contributed by atoms with Gasteiger partial charge < -0.3 is 9.32 Å². The van der Waals surface area contributed by atoms with E-state index in [1.807, 2.05) is 11.8 Å². The summed E-state index contributed by atoms with van der Waals surface area (Å²) in [6, 6.07) is 0. The monoisotopic (exact) mass is 410 g/mol. The number of carbonyl (C=O) groups excluding carboxylic acids is 1. The third kappa shape index (κ3) is 13.4. The summed E-state index contributed by atoms with van der Waals surface area (Å²) in [4.78, 5) is 18.6. The van der Waals surface area contributed by atoms with Crippen LogP contribution in [0.5, 0.6) is 0 Å². The van der Waals surface area contributed by atoms with Crippen LogP contribution >= 0.6 is 11.8 Å². The molecule has 0 N–H and O–H groups in total. The predicted octanol–water partition coefficient (Wildman–Crippen LogP) is 6.40. The Morgan fingerprint density at radius 3 is 2.29 bits per heavy atom.